The van der Waals surface area contributed by atoms with Gasteiger partial charge in [-0.25, -0.2) is 0 Å². The number of hydrogen-bond donors (Lipinski definition) is 1. The van der Waals surface area contributed by atoms with Gasteiger partial charge in [-0.15, -0.1) is 0 Å². The summed E-state index contributed by atoms with van der Waals surface area (Å²) in [5.41, 5.74) is -4.10. The third-order valence-electron chi connectivity index (χ3n) is 2.90. The standard InChI is InChI=1S/C12H9F5N2O3/c13-10(14)22-8-4-2-1-3-7(8)9(20)19-11(21,5-6-18-19)12(15,16)17/h1-4,6,10,21H,5H2. The lowest BCUT2D eigenvalue weighted by Crippen LogP contribution is -2.56. The van der Waals surface area contributed by atoms with Gasteiger partial charge in [0.05, 0.1) is 5.56 Å². The number of aliphatic hydroxyl groups is 1. The summed E-state index contributed by atoms with van der Waals surface area (Å²) in [5.74, 6) is -2.03. The monoisotopic (exact) mass is 324 g/mol. The number of alkyl halides is 5. The highest BCUT2D eigenvalue weighted by Crippen LogP contribution is 2.40. The quantitative estimate of drug-likeness (QED) is 0.868. The van der Waals surface area contributed by atoms with Crippen LogP contribution in [0, 0.1) is 0 Å². The van der Waals surface area contributed by atoms with Crippen molar-refractivity contribution in [1.29, 1.82) is 0 Å². The molecule has 1 aromatic carbocycles. The van der Waals surface area contributed by atoms with Crippen LogP contribution >= 0.6 is 0 Å². The van der Waals surface area contributed by atoms with Crippen molar-refractivity contribution in [2.24, 2.45) is 5.10 Å². The van der Waals surface area contributed by atoms with Crippen LogP contribution in [0.25, 0.3) is 0 Å². The average Bonchev–Trinajstić information content (AvgIpc) is 2.81. The fourth-order valence-corrected chi connectivity index (χ4v) is 1.84. The lowest BCUT2D eigenvalue weighted by molar-refractivity contribution is -0.297. The number of carbonyl (C=O) groups is 1. The topological polar surface area (TPSA) is 62.1 Å². The van der Waals surface area contributed by atoms with Crippen LogP contribution < -0.4 is 4.74 Å². The Bertz CT molecular complexity index is 605. The van der Waals surface area contributed by atoms with Gasteiger partial charge in [0.1, 0.15) is 5.75 Å². The van der Waals surface area contributed by atoms with E-state index in [1.807, 2.05) is 0 Å². The molecule has 1 N–H and O–H groups in total. The van der Waals surface area contributed by atoms with E-state index in [1.165, 1.54) is 12.1 Å². The molecule has 1 unspecified atom stereocenters. The van der Waals surface area contributed by atoms with E-state index in [0.717, 1.165) is 12.1 Å². The maximum absolute atomic E-state index is 12.9. The van der Waals surface area contributed by atoms with Crippen molar-refractivity contribution in [3.63, 3.8) is 0 Å². The van der Waals surface area contributed by atoms with Crippen LogP contribution in [-0.4, -0.2) is 40.8 Å². The summed E-state index contributed by atoms with van der Waals surface area (Å²) in [6.45, 7) is -3.27. The minimum absolute atomic E-state index is 0.194. The highest BCUT2D eigenvalue weighted by atomic mass is 19.4. The van der Waals surface area contributed by atoms with Gasteiger partial charge in [-0.05, 0) is 12.1 Å². The van der Waals surface area contributed by atoms with E-state index in [9.17, 15) is 31.9 Å². The fraction of sp³-hybridized carbons (Fsp3) is 0.333. The first-order chi connectivity index (χ1) is 10.2. The van der Waals surface area contributed by atoms with Gasteiger partial charge in [0.15, 0.2) is 0 Å². The first-order valence-corrected chi connectivity index (χ1v) is 5.87. The van der Waals surface area contributed by atoms with Gasteiger partial charge < -0.3 is 9.84 Å². The predicted molar refractivity (Wildman–Crippen MR) is 63.4 cm³/mol. The number of benzene rings is 1. The molecule has 1 heterocycles. The Morgan fingerprint density at radius 2 is 2.00 bits per heavy atom. The van der Waals surface area contributed by atoms with Crippen molar-refractivity contribution in [3.8, 4) is 5.75 Å². The molecule has 0 radical (unpaired) electrons. The number of hydrogen-bond acceptors (Lipinski definition) is 4. The van der Waals surface area contributed by atoms with Gasteiger partial charge in [0.2, 0.25) is 0 Å². The Morgan fingerprint density at radius 1 is 1.36 bits per heavy atom. The number of amides is 1. The van der Waals surface area contributed by atoms with E-state index in [0.29, 0.717) is 6.21 Å². The van der Waals surface area contributed by atoms with Crippen molar-refractivity contribution in [2.75, 3.05) is 0 Å². The van der Waals surface area contributed by atoms with Crippen molar-refractivity contribution in [1.82, 2.24) is 5.01 Å². The first kappa shape index (κ1) is 16.1. The van der Waals surface area contributed by atoms with Crippen molar-refractivity contribution in [3.05, 3.63) is 29.8 Å². The Morgan fingerprint density at radius 3 is 2.59 bits per heavy atom. The van der Waals surface area contributed by atoms with Gasteiger partial charge in [-0.2, -0.15) is 32.1 Å². The summed E-state index contributed by atoms with van der Waals surface area (Å²) in [6, 6.07) is 4.49. The third kappa shape index (κ3) is 2.73. The Labute approximate surface area is 120 Å². The molecule has 1 aliphatic heterocycles. The smallest absolute Gasteiger partial charge is 0.434 e. The molecule has 0 aromatic heterocycles. The molecule has 1 atom stereocenters. The molecular weight excluding hydrogens is 315 g/mol. The molecule has 0 spiro atoms. The van der Waals surface area contributed by atoms with Gasteiger partial charge in [0, 0.05) is 12.6 Å². The third-order valence-corrected chi connectivity index (χ3v) is 2.90. The van der Waals surface area contributed by atoms with E-state index in [2.05, 4.69) is 9.84 Å². The van der Waals surface area contributed by atoms with Crippen LogP contribution in [-0.2, 0) is 0 Å². The summed E-state index contributed by atoms with van der Waals surface area (Å²) in [5, 5.41) is 12.7. The molecule has 1 aromatic rings. The number of halogens is 5. The zero-order valence-corrected chi connectivity index (χ0v) is 10.7. The summed E-state index contributed by atoms with van der Waals surface area (Å²) < 4.78 is 67.4. The number of ether oxygens (including phenoxy) is 1. The molecule has 5 nitrogen and oxygen atoms in total. The largest absolute Gasteiger partial charge is 0.438 e. The Kier molecular flexibility index (Phi) is 4.05. The zero-order valence-electron chi connectivity index (χ0n) is 10.7. The van der Waals surface area contributed by atoms with Crippen LogP contribution in [0.4, 0.5) is 22.0 Å². The van der Waals surface area contributed by atoms with E-state index in [1.54, 1.807) is 0 Å². The molecule has 22 heavy (non-hydrogen) atoms. The predicted octanol–water partition coefficient (Wildman–Crippen LogP) is 2.37. The van der Waals surface area contributed by atoms with E-state index in [4.69, 9.17) is 0 Å². The van der Waals surface area contributed by atoms with Crippen molar-refractivity contribution >= 4 is 12.1 Å². The first-order valence-electron chi connectivity index (χ1n) is 5.87. The minimum atomic E-state index is -5.17. The Balaban J connectivity index is 2.38. The number of rotatable bonds is 3. The second-order valence-electron chi connectivity index (χ2n) is 4.31. The SMILES string of the molecule is O=C(c1ccccc1OC(F)F)N1N=CCC1(O)C(F)(F)F. The van der Waals surface area contributed by atoms with Crippen LogP contribution in [0.15, 0.2) is 29.4 Å². The Hall–Kier alpha value is -2.23. The second-order valence-corrected chi connectivity index (χ2v) is 4.31. The van der Waals surface area contributed by atoms with Crippen molar-refractivity contribution in [2.45, 2.75) is 24.9 Å². The van der Waals surface area contributed by atoms with Gasteiger partial charge in [0.25, 0.3) is 11.6 Å². The van der Waals surface area contributed by atoms with Crippen LogP contribution in [0.5, 0.6) is 5.75 Å². The number of nitrogens with zero attached hydrogens (tertiary/aromatic N) is 2. The fourth-order valence-electron chi connectivity index (χ4n) is 1.84. The normalized spacial score (nSPS) is 21.5. The molecule has 10 heteroatoms. The zero-order chi connectivity index (χ0) is 16.5. The molecule has 2 rings (SSSR count). The number of para-hydroxylation sites is 1. The summed E-state index contributed by atoms with van der Waals surface area (Å²) in [6.07, 6.45) is -5.42. The number of carbonyl (C=O) groups excluding carboxylic acids is 1. The van der Waals surface area contributed by atoms with Crippen LogP contribution in [0.1, 0.15) is 16.8 Å². The summed E-state index contributed by atoms with van der Waals surface area (Å²) in [7, 11) is 0. The van der Waals surface area contributed by atoms with Gasteiger partial charge in [-0.1, -0.05) is 12.1 Å². The maximum atomic E-state index is 12.9. The van der Waals surface area contributed by atoms with E-state index in [-0.39, 0.29) is 5.01 Å². The van der Waals surface area contributed by atoms with Crippen LogP contribution in [0.3, 0.4) is 0 Å². The summed E-state index contributed by atoms with van der Waals surface area (Å²) >= 11 is 0. The van der Waals surface area contributed by atoms with Crippen LogP contribution in [0.2, 0.25) is 0 Å². The molecule has 0 saturated heterocycles. The molecular formula is C12H9F5N2O3. The second kappa shape index (κ2) is 5.52. The molecule has 0 saturated carbocycles. The van der Waals surface area contributed by atoms with E-state index < -0.39 is 42.2 Å². The van der Waals surface area contributed by atoms with Crippen molar-refractivity contribution < 1.29 is 36.6 Å². The maximum Gasteiger partial charge on any atom is 0.438 e. The highest BCUT2D eigenvalue weighted by Gasteiger charge is 2.61. The van der Waals surface area contributed by atoms with E-state index >= 15 is 0 Å². The molecule has 0 aliphatic carbocycles. The molecule has 1 amide bonds. The minimum Gasteiger partial charge on any atom is -0.434 e. The average molecular weight is 324 g/mol. The molecule has 1 aliphatic rings. The molecule has 120 valence electrons. The van der Waals surface area contributed by atoms with Gasteiger partial charge in [-0.3, -0.25) is 4.79 Å². The molecule has 0 bridgehead atoms. The highest BCUT2D eigenvalue weighted by molar-refractivity contribution is 5.98. The van der Waals surface area contributed by atoms with Gasteiger partial charge >= 0.3 is 12.8 Å². The lowest BCUT2D eigenvalue weighted by atomic mass is 10.1. The lowest BCUT2D eigenvalue weighted by Gasteiger charge is -2.32. The number of hydrazone groups is 1. The molecule has 0 fully saturated rings. The summed E-state index contributed by atoms with van der Waals surface area (Å²) in [4.78, 5) is 12.1.